The van der Waals surface area contributed by atoms with Crippen molar-refractivity contribution >= 4 is 17.7 Å². The Morgan fingerprint density at radius 1 is 1.12 bits per heavy atom. The first kappa shape index (κ1) is 18.9. The summed E-state index contributed by atoms with van der Waals surface area (Å²) in [5.74, 6) is 1.47. The van der Waals surface area contributed by atoms with Crippen molar-refractivity contribution in [2.75, 3.05) is 49.5 Å². The minimum Gasteiger partial charge on any atom is -0.354 e. The number of rotatable bonds is 5. The summed E-state index contributed by atoms with van der Waals surface area (Å²) in [6, 6.07) is 2.56. The summed E-state index contributed by atoms with van der Waals surface area (Å²) in [4.78, 5) is 27.5. The van der Waals surface area contributed by atoms with E-state index in [4.69, 9.17) is 0 Å². The summed E-state index contributed by atoms with van der Waals surface area (Å²) in [5, 5.41) is 2.88. The number of hydrogen-bond donors (Lipinski definition) is 1. The van der Waals surface area contributed by atoms with Gasteiger partial charge in [-0.05, 0) is 26.7 Å². The quantitative estimate of drug-likeness (QED) is 0.875. The number of piperazine rings is 1. The second-order valence-electron chi connectivity index (χ2n) is 7.18. The maximum atomic E-state index is 12.2. The number of carbonyl (C=O) groups excluding carboxylic acids is 1. The molecule has 7 heteroatoms. The maximum absolute atomic E-state index is 12.2. The van der Waals surface area contributed by atoms with E-state index in [2.05, 4.69) is 25.1 Å². The van der Waals surface area contributed by atoms with Gasteiger partial charge in [-0.2, -0.15) is 0 Å². The van der Waals surface area contributed by atoms with Crippen LogP contribution in [0.5, 0.6) is 0 Å². The van der Waals surface area contributed by atoms with Crippen molar-refractivity contribution < 1.29 is 4.79 Å². The van der Waals surface area contributed by atoms with Crippen LogP contribution in [0, 0.1) is 0 Å². The standard InChI is InChI=1S/C19H32N6O/c1-3-23(4-2)19(26)22-17-14-18(21-15-20-17)25-12-10-24(11-13-25)16-8-6-5-7-9-16/h14-16H,3-13H2,1-2H3,(H,20,21,22,26). The fourth-order valence-electron chi connectivity index (χ4n) is 4.05. The smallest absolute Gasteiger partial charge is 0.322 e. The minimum atomic E-state index is -0.109. The van der Waals surface area contributed by atoms with Crippen LogP contribution in [0.4, 0.5) is 16.4 Å². The van der Waals surface area contributed by atoms with E-state index in [0.717, 1.165) is 38.0 Å². The van der Waals surface area contributed by atoms with Crippen LogP contribution in [0.15, 0.2) is 12.4 Å². The molecule has 1 aliphatic heterocycles. The van der Waals surface area contributed by atoms with Crippen molar-refractivity contribution in [2.24, 2.45) is 0 Å². The molecule has 1 saturated carbocycles. The molecule has 0 bridgehead atoms. The number of nitrogens with zero attached hydrogens (tertiary/aromatic N) is 5. The third-order valence-electron chi connectivity index (χ3n) is 5.67. The summed E-state index contributed by atoms with van der Waals surface area (Å²) >= 11 is 0. The molecule has 2 amide bonds. The Hall–Kier alpha value is -1.89. The predicted octanol–water partition coefficient (Wildman–Crippen LogP) is 2.81. The van der Waals surface area contributed by atoms with E-state index < -0.39 is 0 Å². The second-order valence-corrected chi connectivity index (χ2v) is 7.18. The van der Waals surface area contributed by atoms with Crippen LogP contribution in [0.2, 0.25) is 0 Å². The van der Waals surface area contributed by atoms with Crippen LogP contribution in [-0.4, -0.2) is 71.1 Å². The molecule has 3 rings (SSSR count). The number of urea groups is 1. The van der Waals surface area contributed by atoms with Gasteiger partial charge in [-0.3, -0.25) is 10.2 Å². The fourth-order valence-corrected chi connectivity index (χ4v) is 4.05. The topological polar surface area (TPSA) is 64.6 Å². The van der Waals surface area contributed by atoms with E-state index in [1.807, 2.05) is 19.9 Å². The molecule has 1 saturated heterocycles. The van der Waals surface area contributed by atoms with Gasteiger partial charge in [0.25, 0.3) is 0 Å². The van der Waals surface area contributed by atoms with Gasteiger partial charge in [0.05, 0.1) is 0 Å². The molecule has 0 spiro atoms. The maximum Gasteiger partial charge on any atom is 0.322 e. The Balaban J connectivity index is 1.56. The second kappa shape index (κ2) is 9.16. The summed E-state index contributed by atoms with van der Waals surface area (Å²) in [5.41, 5.74) is 0. The molecule has 144 valence electrons. The molecule has 1 aromatic rings. The van der Waals surface area contributed by atoms with Crippen LogP contribution < -0.4 is 10.2 Å². The largest absolute Gasteiger partial charge is 0.354 e. The molecule has 26 heavy (non-hydrogen) atoms. The van der Waals surface area contributed by atoms with E-state index >= 15 is 0 Å². The van der Waals surface area contributed by atoms with Gasteiger partial charge in [0.1, 0.15) is 18.0 Å². The van der Waals surface area contributed by atoms with Gasteiger partial charge in [0.2, 0.25) is 0 Å². The normalized spacial score (nSPS) is 19.4. The molecule has 0 radical (unpaired) electrons. The number of carbonyl (C=O) groups is 1. The van der Waals surface area contributed by atoms with Gasteiger partial charge < -0.3 is 9.80 Å². The molecular formula is C19H32N6O. The molecule has 0 atom stereocenters. The molecule has 2 heterocycles. The number of nitrogens with one attached hydrogen (secondary N) is 1. The number of anilines is 2. The highest BCUT2D eigenvalue weighted by Crippen LogP contribution is 2.24. The first-order chi connectivity index (χ1) is 12.7. The van der Waals surface area contributed by atoms with Crippen molar-refractivity contribution in [3.05, 3.63) is 12.4 Å². The predicted molar refractivity (Wildman–Crippen MR) is 105 cm³/mol. The SMILES string of the molecule is CCN(CC)C(=O)Nc1cc(N2CCN(C3CCCCC3)CC2)ncn1. The van der Waals surface area contributed by atoms with Gasteiger partial charge in [-0.25, -0.2) is 14.8 Å². The fraction of sp³-hybridized carbons (Fsp3) is 0.737. The van der Waals surface area contributed by atoms with Crippen LogP contribution in [0.3, 0.4) is 0 Å². The van der Waals surface area contributed by atoms with E-state index in [1.54, 1.807) is 11.2 Å². The van der Waals surface area contributed by atoms with Gasteiger partial charge in [-0.1, -0.05) is 19.3 Å². The van der Waals surface area contributed by atoms with E-state index in [9.17, 15) is 4.79 Å². The molecule has 1 N–H and O–H groups in total. The van der Waals surface area contributed by atoms with Crippen LogP contribution >= 0.6 is 0 Å². The van der Waals surface area contributed by atoms with Crippen molar-refractivity contribution in [3.8, 4) is 0 Å². The summed E-state index contributed by atoms with van der Waals surface area (Å²) in [7, 11) is 0. The highest BCUT2D eigenvalue weighted by Gasteiger charge is 2.25. The van der Waals surface area contributed by atoms with E-state index in [-0.39, 0.29) is 6.03 Å². The van der Waals surface area contributed by atoms with Crippen LogP contribution in [0.1, 0.15) is 46.0 Å². The molecule has 7 nitrogen and oxygen atoms in total. The third kappa shape index (κ3) is 4.63. The Morgan fingerprint density at radius 3 is 2.46 bits per heavy atom. The zero-order valence-corrected chi connectivity index (χ0v) is 16.2. The summed E-state index contributed by atoms with van der Waals surface area (Å²) in [6.07, 6.45) is 8.42. The van der Waals surface area contributed by atoms with Gasteiger partial charge >= 0.3 is 6.03 Å². The van der Waals surface area contributed by atoms with E-state index in [1.165, 1.54) is 32.1 Å². The average Bonchev–Trinajstić information content (AvgIpc) is 2.70. The zero-order valence-electron chi connectivity index (χ0n) is 16.2. The lowest BCUT2D eigenvalue weighted by Crippen LogP contribution is -2.51. The lowest BCUT2D eigenvalue weighted by Gasteiger charge is -2.41. The molecule has 2 fully saturated rings. The molecule has 1 aliphatic carbocycles. The van der Waals surface area contributed by atoms with Crippen LogP contribution in [-0.2, 0) is 0 Å². The lowest BCUT2D eigenvalue weighted by atomic mass is 9.94. The average molecular weight is 361 g/mol. The van der Waals surface area contributed by atoms with E-state index in [0.29, 0.717) is 18.9 Å². The zero-order chi connectivity index (χ0) is 18.4. The summed E-state index contributed by atoms with van der Waals surface area (Å²) in [6.45, 7) is 9.47. The number of amides is 2. The Kier molecular flexibility index (Phi) is 6.66. The summed E-state index contributed by atoms with van der Waals surface area (Å²) < 4.78 is 0. The Bertz CT molecular complexity index is 577. The van der Waals surface area contributed by atoms with Gasteiger partial charge in [0, 0.05) is 51.4 Å². The van der Waals surface area contributed by atoms with Crippen LogP contribution in [0.25, 0.3) is 0 Å². The lowest BCUT2D eigenvalue weighted by molar-refractivity contribution is 0.147. The molecular weight excluding hydrogens is 328 g/mol. The molecule has 0 unspecified atom stereocenters. The Morgan fingerprint density at radius 2 is 1.81 bits per heavy atom. The first-order valence-electron chi connectivity index (χ1n) is 10.1. The minimum absolute atomic E-state index is 0.109. The van der Waals surface area contributed by atoms with Gasteiger partial charge in [0.15, 0.2) is 0 Å². The van der Waals surface area contributed by atoms with Crippen molar-refractivity contribution in [3.63, 3.8) is 0 Å². The highest BCUT2D eigenvalue weighted by atomic mass is 16.2. The van der Waals surface area contributed by atoms with Crippen molar-refractivity contribution in [1.82, 2.24) is 19.8 Å². The van der Waals surface area contributed by atoms with Crippen molar-refractivity contribution in [1.29, 1.82) is 0 Å². The number of aromatic nitrogens is 2. The first-order valence-corrected chi connectivity index (χ1v) is 10.1. The third-order valence-corrected chi connectivity index (χ3v) is 5.67. The monoisotopic (exact) mass is 360 g/mol. The van der Waals surface area contributed by atoms with Gasteiger partial charge in [-0.15, -0.1) is 0 Å². The number of hydrogen-bond acceptors (Lipinski definition) is 5. The molecule has 2 aliphatic rings. The highest BCUT2D eigenvalue weighted by molar-refractivity contribution is 5.88. The molecule has 0 aromatic carbocycles. The van der Waals surface area contributed by atoms with Crippen molar-refractivity contribution in [2.45, 2.75) is 52.0 Å². The molecule has 1 aromatic heterocycles. The Labute approximate surface area is 156 Å².